The Labute approximate surface area is 76.6 Å². The summed E-state index contributed by atoms with van der Waals surface area (Å²) in [5.74, 6) is 6.01. The van der Waals surface area contributed by atoms with Gasteiger partial charge in [0, 0.05) is 12.0 Å². The quantitative estimate of drug-likeness (QED) is 0.607. The van der Waals surface area contributed by atoms with Gasteiger partial charge in [0.2, 0.25) is 0 Å². The predicted molar refractivity (Wildman–Crippen MR) is 57.2 cm³/mol. The minimum Gasteiger partial charge on any atom is -0.268 e. The third kappa shape index (κ3) is 3.18. The van der Waals surface area contributed by atoms with Crippen LogP contribution >= 0.6 is 0 Å². The Hall–Kier alpha value is 0.0200. The lowest BCUT2D eigenvalue weighted by atomic mass is 9.82. The van der Waals surface area contributed by atoms with Crippen LogP contribution in [0.15, 0.2) is 0 Å². The molecule has 0 saturated heterocycles. The van der Waals surface area contributed by atoms with Gasteiger partial charge in [0.15, 0.2) is 0 Å². The van der Waals surface area contributed by atoms with Gasteiger partial charge >= 0.3 is 0 Å². The van der Waals surface area contributed by atoms with E-state index in [-0.39, 0.29) is 0 Å². The highest BCUT2D eigenvalue weighted by atomic mass is 32.2. The van der Waals surface area contributed by atoms with Crippen molar-refractivity contribution in [2.45, 2.75) is 32.6 Å². The van der Waals surface area contributed by atoms with Crippen molar-refractivity contribution in [1.29, 1.82) is 0 Å². The summed E-state index contributed by atoms with van der Waals surface area (Å²) in [6.45, 7) is 2.29. The zero-order valence-electron chi connectivity index (χ0n) is 8.21. The molecule has 72 valence electrons. The zero-order valence-corrected chi connectivity index (χ0v) is 9.03. The van der Waals surface area contributed by atoms with Gasteiger partial charge in [-0.05, 0) is 33.6 Å². The van der Waals surface area contributed by atoms with Gasteiger partial charge in [0.1, 0.15) is 0 Å². The summed E-state index contributed by atoms with van der Waals surface area (Å²) in [6, 6.07) is 0. The molecule has 0 radical (unpaired) electrons. The summed E-state index contributed by atoms with van der Waals surface area (Å²) in [6.07, 6.45) is 7.06. The Morgan fingerprint density at radius 2 is 2.00 bits per heavy atom. The monoisotopic (exact) mass is 188 g/mol. The standard InChI is InChI=1S/C10H20OS/c1-9-6-4-5-7-10(9)8-12(2,3)11/h9-10H,2,4-8H2,1,3H3/t9-,10?,12?/m0/s1. The fraction of sp³-hybridized carbons (Fsp3) is 0.900. The summed E-state index contributed by atoms with van der Waals surface area (Å²) in [5.41, 5.74) is 0. The maximum atomic E-state index is 11.5. The van der Waals surface area contributed by atoms with E-state index in [1.165, 1.54) is 25.7 Å². The molecular formula is C10H20OS. The minimum absolute atomic E-state index is 0.675. The van der Waals surface area contributed by atoms with Crippen LogP contribution in [-0.2, 0) is 9.52 Å². The highest BCUT2D eigenvalue weighted by molar-refractivity contribution is 7.99. The molecule has 0 bridgehead atoms. The molecule has 0 aromatic carbocycles. The van der Waals surface area contributed by atoms with Gasteiger partial charge in [-0.3, -0.25) is 4.21 Å². The molecule has 0 aromatic heterocycles. The fourth-order valence-electron chi connectivity index (χ4n) is 2.09. The van der Waals surface area contributed by atoms with Crippen LogP contribution in [0.1, 0.15) is 32.6 Å². The van der Waals surface area contributed by atoms with Crippen LogP contribution in [0.4, 0.5) is 0 Å². The van der Waals surface area contributed by atoms with Gasteiger partial charge in [-0.2, -0.15) is 0 Å². The predicted octanol–water partition coefficient (Wildman–Crippen LogP) is 2.16. The van der Waals surface area contributed by atoms with Crippen molar-refractivity contribution in [3.8, 4) is 0 Å². The number of hydrogen-bond donors (Lipinski definition) is 0. The van der Waals surface area contributed by atoms with Crippen LogP contribution in [0.25, 0.3) is 0 Å². The molecular weight excluding hydrogens is 168 g/mol. The Balaban J connectivity index is 2.50. The van der Waals surface area contributed by atoms with E-state index in [0.717, 1.165) is 11.7 Å². The van der Waals surface area contributed by atoms with Crippen LogP contribution in [0.2, 0.25) is 0 Å². The van der Waals surface area contributed by atoms with Gasteiger partial charge in [-0.25, -0.2) is 0 Å². The molecule has 0 spiro atoms. The second kappa shape index (κ2) is 3.82. The summed E-state index contributed by atoms with van der Waals surface area (Å²) in [5, 5.41) is 0. The molecule has 0 amide bonds. The lowest BCUT2D eigenvalue weighted by molar-refractivity contribution is 0.280. The molecule has 1 rings (SSSR count). The van der Waals surface area contributed by atoms with E-state index >= 15 is 0 Å². The first-order valence-corrected chi connectivity index (χ1v) is 7.09. The van der Waals surface area contributed by atoms with Crippen molar-refractivity contribution >= 4 is 15.4 Å². The second-order valence-corrected chi connectivity index (χ2v) is 7.07. The van der Waals surface area contributed by atoms with Crippen molar-refractivity contribution in [3.05, 3.63) is 0 Å². The molecule has 0 N–H and O–H groups in total. The molecule has 1 aliphatic carbocycles. The van der Waals surface area contributed by atoms with Crippen LogP contribution in [-0.4, -0.2) is 22.1 Å². The van der Waals surface area contributed by atoms with Gasteiger partial charge in [-0.1, -0.05) is 26.2 Å². The molecule has 0 heterocycles. The van der Waals surface area contributed by atoms with E-state index in [1.54, 1.807) is 6.26 Å². The van der Waals surface area contributed by atoms with Crippen LogP contribution in [0, 0.1) is 11.8 Å². The second-order valence-electron chi connectivity index (χ2n) is 4.37. The number of hydrogen-bond acceptors (Lipinski definition) is 1. The topological polar surface area (TPSA) is 17.1 Å². The van der Waals surface area contributed by atoms with Gasteiger partial charge in [-0.15, -0.1) is 0 Å². The fourth-order valence-corrected chi connectivity index (χ4v) is 3.49. The normalized spacial score (nSPS) is 35.8. The van der Waals surface area contributed by atoms with Crippen molar-refractivity contribution in [1.82, 2.24) is 0 Å². The van der Waals surface area contributed by atoms with E-state index in [9.17, 15) is 4.21 Å². The Morgan fingerprint density at radius 1 is 1.42 bits per heavy atom. The largest absolute Gasteiger partial charge is 0.268 e. The molecule has 1 nitrogen and oxygen atoms in total. The summed E-state index contributed by atoms with van der Waals surface area (Å²) in [4.78, 5) is 0. The molecule has 1 saturated carbocycles. The Morgan fingerprint density at radius 3 is 2.50 bits per heavy atom. The van der Waals surface area contributed by atoms with Crippen LogP contribution in [0.5, 0.6) is 0 Å². The van der Waals surface area contributed by atoms with Crippen LogP contribution < -0.4 is 0 Å². The smallest absolute Gasteiger partial charge is 0.0187 e. The summed E-state index contributed by atoms with van der Waals surface area (Å²) >= 11 is 0. The van der Waals surface area contributed by atoms with Crippen LogP contribution in [0.3, 0.4) is 0 Å². The van der Waals surface area contributed by atoms with Crippen molar-refractivity contribution in [2.75, 3.05) is 12.0 Å². The van der Waals surface area contributed by atoms with E-state index in [0.29, 0.717) is 5.92 Å². The molecule has 3 atom stereocenters. The highest BCUT2D eigenvalue weighted by Gasteiger charge is 2.22. The maximum absolute atomic E-state index is 11.5. The first-order valence-electron chi connectivity index (χ1n) is 4.79. The van der Waals surface area contributed by atoms with E-state index in [4.69, 9.17) is 0 Å². The number of rotatable bonds is 2. The van der Waals surface area contributed by atoms with Gasteiger partial charge in [0.05, 0.1) is 0 Å². The Bertz CT molecular complexity index is 228. The van der Waals surface area contributed by atoms with E-state index in [2.05, 4.69) is 12.8 Å². The van der Waals surface area contributed by atoms with Crippen molar-refractivity contribution in [2.24, 2.45) is 11.8 Å². The zero-order chi connectivity index (χ0) is 9.19. The first kappa shape index (κ1) is 10.1. The molecule has 2 unspecified atom stereocenters. The average Bonchev–Trinajstić information content (AvgIpc) is 1.91. The van der Waals surface area contributed by atoms with E-state index in [1.807, 2.05) is 0 Å². The first-order chi connectivity index (χ1) is 5.49. The molecule has 0 aliphatic heterocycles. The molecule has 12 heavy (non-hydrogen) atoms. The van der Waals surface area contributed by atoms with E-state index < -0.39 is 9.52 Å². The van der Waals surface area contributed by atoms with Gasteiger partial charge < -0.3 is 0 Å². The third-order valence-electron chi connectivity index (χ3n) is 2.86. The third-order valence-corrected chi connectivity index (χ3v) is 3.99. The summed E-state index contributed by atoms with van der Waals surface area (Å²) in [7, 11) is -1.76. The molecule has 1 fully saturated rings. The lowest BCUT2D eigenvalue weighted by Gasteiger charge is -2.28. The minimum atomic E-state index is -1.76. The molecule has 2 heteroatoms. The van der Waals surface area contributed by atoms with Gasteiger partial charge in [0.25, 0.3) is 0 Å². The maximum Gasteiger partial charge on any atom is 0.0187 e. The van der Waals surface area contributed by atoms with Crippen molar-refractivity contribution < 1.29 is 4.21 Å². The SMILES string of the molecule is C=S(C)(=O)CC1CCCC[C@@H]1C. The summed E-state index contributed by atoms with van der Waals surface area (Å²) < 4.78 is 11.5. The highest BCUT2D eigenvalue weighted by Crippen LogP contribution is 2.30. The molecule has 0 aromatic rings. The van der Waals surface area contributed by atoms with Crippen molar-refractivity contribution in [3.63, 3.8) is 0 Å². The Kier molecular flexibility index (Phi) is 3.22. The lowest BCUT2D eigenvalue weighted by Crippen LogP contribution is -2.24. The molecule has 1 aliphatic rings. The average molecular weight is 188 g/mol.